The summed E-state index contributed by atoms with van der Waals surface area (Å²) in [6.07, 6.45) is 0. The van der Waals surface area contributed by atoms with E-state index in [-0.39, 0.29) is 31.4 Å². The van der Waals surface area contributed by atoms with Crippen molar-refractivity contribution in [1.82, 2.24) is 0 Å². The Morgan fingerprint density at radius 2 is 1.80 bits per heavy atom. The van der Waals surface area contributed by atoms with Crippen molar-refractivity contribution in [3.8, 4) is 11.5 Å². The maximum atomic E-state index is 12.6. The largest absolute Gasteiger partial charge is 0.495 e. The molecule has 0 saturated heterocycles. The molecule has 0 aliphatic rings. The number of rotatable bonds is 6. The Morgan fingerprint density at radius 1 is 1.16 bits per heavy atom. The highest BCUT2D eigenvalue weighted by atomic mass is 79.9. The van der Waals surface area contributed by atoms with Crippen molar-refractivity contribution in [1.29, 1.82) is 0 Å². The van der Waals surface area contributed by atoms with Crippen molar-refractivity contribution in [3.63, 3.8) is 0 Å². The van der Waals surface area contributed by atoms with Crippen molar-refractivity contribution >= 4 is 49.2 Å². The summed E-state index contributed by atoms with van der Waals surface area (Å²) in [7, 11) is -1.29. The number of methoxy groups -OCH3 is 2. The summed E-state index contributed by atoms with van der Waals surface area (Å²) in [6, 6.07) is 6.44. The van der Waals surface area contributed by atoms with Crippen LogP contribution in [-0.2, 0) is 10.0 Å². The van der Waals surface area contributed by atoms with Crippen LogP contribution in [0.2, 0.25) is 5.02 Å². The van der Waals surface area contributed by atoms with Crippen LogP contribution in [-0.4, -0.2) is 33.7 Å². The van der Waals surface area contributed by atoms with Gasteiger partial charge in [0.15, 0.2) is 0 Å². The van der Waals surface area contributed by atoms with Gasteiger partial charge in [-0.1, -0.05) is 11.6 Å². The number of sulfonamides is 1. The zero-order valence-electron chi connectivity index (χ0n) is 13.0. The molecule has 25 heavy (non-hydrogen) atoms. The molecular formula is C15H13BrClNO6S. The molecule has 7 nitrogen and oxygen atoms in total. The average molecular weight is 451 g/mol. The minimum absolute atomic E-state index is 0.0908. The smallest absolute Gasteiger partial charge is 0.336 e. The molecule has 0 unspecified atom stereocenters. The lowest BCUT2D eigenvalue weighted by Crippen LogP contribution is -2.14. The van der Waals surface area contributed by atoms with Crippen LogP contribution in [0.15, 0.2) is 39.7 Å². The summed E-state index contributed by atoms with van der Waals surface area (Å²) < 4.78 is 37.9. The summed E-state index contributed by atoms with van der Waals surface area (Å²) in [5.74, 6) is -0.743. The summed E-state index contributed by atoms with van der Waals surface area (Å²) in [5.41, 5.74) is -0.0873. The number of ether oxygens (including phenoxy) is 2. The Bertz CT molecular complexity index is 932. The molecule has 2 rings (SSSR count). The number of hydrogen-bond donors (Lipinski definition) is 2. The van der Waals surface area contributed by atoms with Gasteiger partial charge in [0.05, 0.1) is 35.4 Å². The van der Waals surface area contributed by atoms with Crippen LogP contribution in [0.5, 0.6) is 11.5 Å². The number of nitrogens with one attached hydrogen (secondary N) is 1. The predicted octanol–water partition coefficient (Wildman–Crippen LogP) is 3.62. The summed E-state index contributed by atoms with van der Waals surface area (Å²) in [5, 5.41) is 9.31. The van der Waals surface area contributed by atoms with Gasteiger partial charge in [0.1, 0.15) is 11.5 Å². The van der Waals surface area contributed by atoms with E-state index in [0.717, 1.165) is 6.07 Å². The van der Waals surface area contributed by atoms with E-state index in [1.54, 1.807) is 0 Å². The van der Waals surface area contributed by atoms with E-state index < -0.39 is 16.0 Å². The van der Waals surface area contributed by atoms with E-state index in [1.165, 1.54) is 38.5 Å². The molecule has 0 fully saturated rings. The first kappa shape index (κ1) is 19.4. The molecule has 0 radical (unpaired) electrons. The highest BCUT2D eigenvalue weighted by Gasteiger charge is 2.21. The molecular weight excluding hydrogens is 438 g/mol. The van der Waals surface area contributed by atoms with Crippen LogP contribution in [0.4, 0.5) is 5.69 Å². The van der Waals surface area contributed by atoms with Crippen LogP contribution in [0.3, 0.4) is 0 Å². The molecule has 0 aliphatic heterocycles. The van der Waals surface area contributed by atoms with Crippen LogP contribution < -0.4 is 14.2 Å². The van der Waals surface area contributed by atoms with Gasteiger partial charge < -0.3 is 14.6 Å². The fourth-order valence-corrected chi connectivity index (χ4v) is 3.72. The van der Waals surface area contributed by atoms with E-state index in [9.17, 15) is 13.2 Å². The second-order valence-electron chi connectivity index (χ2n) is 4.74. The molecule has 134 valence electrons. The third-order valence-electron chi connectivity index (χ3n) is 3.20. The number of anilines is 1. The van der Waals surface area contributed by atoms with Crippen molar-refractivity contribution in [2.75, 3.05) is 18.9 Å². The summed E-state index contributed by atoms with van der Waals surface area (Å²) in [6.45, 7) is 0. The van der Waals surface area contributed by atoms with E-state index >= 15 is 0 Å². The molecule has 2 N–H and O–H groups in total. The van der Waals surface area contributed by atoms with Gasteiger partial charge in [-0.25, -0.2) is 13.2 Å². The first-order valence-corrected chi connectivity index (χ1v) is 9.32. The normalized spacial score (nSPS) is 11.0. The van der Waals surface area contributed by atoms with E-state index in [1.807, 2.05) is 0 Å². The molecule has 2 aromatic rings. The lowest BCUT2D eigenvalue weighted by molar-refractivity contribution is 0.0695. The SMILES string of the molecule is COc1cc(OC)c(NS(=O)(=O)c2ccc(Br)c(C(=O)O)c2)cc1Cl. The molecule has 0 amide bonds. The first-order chi connectivity index (χ1) is 11.7. The van der Waals surface area contributed by atoms with Crippen molar-refractivity contribution < 1.29 is 27.8 Å². The Morgan fingerprint density at radius 3 is 2.36 bits per heavy atom. The zero-order chi connectivity index (χ0) is 18.8. The second kappa shape index (κ2) is 7.51. The van der Waals surface area contributed by atoms with Crippen LogP contribution in [0.25, 0.3) is 0 Å². The predicted molar refractivity (Wildman–Crippen MR) is 96.5 cm³/mol. The van der Waals surface area contributed by atoms with Gasteiger partial charge in [0.25, 0.3) is 10.0 Å². The maximum Gasteiger partial charge on any atom is 0.336 e. The van der Waals surface area contributed by atoms with Gasteiger partial charge in [-0.2, -0.15) is 0 Å². The van der Waals surface area contributed by atoms with Crippen LogP contribution >= 0.6 is 27.5 Å². The monoisotopic (exact) mass is 449 g/mol. The molecule has 0 saturated carbocycles. The lowest BCUT2D eigenvalue weighted by Gasteiger charge is -2.14. The fourth-order valence-electron chi connectivity index (χ4n) is 1.98. The average Bonchev–Trinajstić information content (AvgIpc) is 2.54. The molecule has 0 spiro atoms. The third-order valence-corrected chi connectivity index (χ3v) is 5.55. The molecule has 0 heterocycles. The molecule has 2 aromatic carbocycles. The second-order valence-corrected chi connectivity index (χ2v) is 7.68. The van der Waals surface area contributed by atoms with Crippen molar-refractivity contribution in [2.24, 2.45) is 0 Å². The molecule has 0 atom stereocenters. The molecule has 0 aliphatic carbocycles. The van der Waals surface area contributed by atoms with E-state index in [4.69, 9.17) is 26.2 Å². The third kappa shape index (κ3) is 4.17. The first-order valence-electron chi connectivity index (χ1n) is 6.66. The fraction of sp³-hybridized carbons (Fsp3) is 0.133. The topological polar surface area (TPSA) is 102 Å². The van der Waals surface area contributed by atoms with Crippen molar-refractivity contribution in [2.45, 2.75) is 4.90 Å². The number of halogens is 2. The lowest BCUT2D eigenvalue weighted by atomic mass is 10.2. The highest BCUT2D eigenvalue weighted by Crippen LogP contribution is 2.37. The van der Waals surface area contributed by atoms with Gasteiger partial charge in [-0.15, -0.1) is 0 Å². The number of aromatic carboxylic acids is 1. The standard InChI is InChI=1S/C15H13BrClNO6S/c1-23-13-7-14(24-2)12(6-11(13)17)18-25(21,22)8-3-4-10(16)9(5-8)15(19)20/h3-7,18H,1-2H3,(H,19,20). The Hall–Kier alpha value is -1.97. The summed E-state index contributed by atoms with van der Waals surface area (Å²) in [4.78, 5) is 11.0. The van der Waals surface area contributed by atoms with Crippen molar-refractivity contribution in [3.05, 3.63) is 45.4 Å². The molecule has 0 aromatic heterocycles. The van der Waals surface area contributed by atoms with Gasteiger partial charge in [-0.3, -0.25) is 4.72 Å². The number of benzene rings is 2. The minimum atomic E-state index is -4.07. The number of hydrogen-bond acceptors (Lipinski definition) is 5. The molecule has 0 bridgehead atoms. The van der Waals surface area contributed by atoms with Crippen LogP contribution in [0, 0.1) is 0 Å². The Balaban J connectivity index is 2.48. The minimum Gasteiger partial charge on any atom is -0.495 e. The Labute approximate surface area is 157 Å². The summed E-state index contributed by atoms with van der Waals surface area (Å²) >= 11 is 9.09. The van der Waals surface area contributed by atoms with Gasteiger partial charge >= 0.3 is 5.97 Å². The number of carboxylic acid groups (broad SMARTS) is 1. The highest BCUT2D eigenvalue weighted by molar-refractivity contribution is 9.10. The van der Waals surface area contributed by atoms with Crippen LogP contribution in [0.1, 0.15) is 10.4 Å². The van der Waals surface area contributed by atoms with Gasteiger partial charge in [0, 0.05) is 10.5 Å². The zero-order valence-corrected chi connectivity index (χ0v) is 16.2. The van der Waals surface area contributed by atoms with Gasteiger partial charge in [-0.05, 0) is 40.2 Å². The van der Waals surface area contributed by atoms with E-state index in [0.29, 0.717) is 5.75 Å². The Kier molecular flexibility index (Phi) is 5.81. The quantitative estimate of drug-likeness (QED) is 0.697. The number of carboxylic acids is 1. The van der Waals surface area contributed by atoms with E-state index in [2.05, 4.69) is 20.7 Å². The van der Waals surface area contributed by atoms with Gasteiger partial charge in [0.2, 0.25) is 0 Å². The maximum absolute atomic E-state index is 12.6. The molecule has 10 heteroatoms. The number of carbonyl (C=O) groups is 1.